The van der Waals surface area contributed by atoms with Crippen molar-refractivity contribution < 1.29 is 19.2 Å². The largest absolute Gasteiger partial charge is 0.414 e. The average Bonchev–Trinajstić information content (AvgIpc) is 2.73. The van der Waals surface area contributed by atoms with Crippen molar-refractivity contribution in [1.82, 2.24) is 15.7 Å². The number of hydroxylamine groups is 2. The Morgan fingerprint density at radius 2 is 2.04 bits per heavy atom. The number of hydrogen-bond donors (Lipinski definition) is 2. The van der Waals surface area contributed by atoms with Gasteiger partial charge in [0.25, 0.3) is 5.91 Å². The van der Waals surface area contributed by atoms with Crippen LogP contribution in [0.4, 0.5) is 4.79 Å². The van der Waals surface area contributed by atoms with E-state index in [9.17, 15) is 9.59 Å². The van der Waals surface area contributed by atoms with E-state index in [1.807, 2.05) is 37.3 Å². The maximum absolute atomic E-state index is 12.1. The van der Waals surface area contributed by atoms with Crippen LogP contribution in [0, 0.1) is 0 Å². The number of amides is 2. The summed E-state index contributed by atoms with van der Waals surface area (Å²) in [4.78, 5) is 29.1. The van der Waals surface area contributed by atoms with Crippen molar-refractivity contribution in [2.45, 2.75) is 25.4 Å². The van der Waals surface area contributed by atoms with Gasteiger partial charge >= 0.3 is 6.09 Å². The third kappa shape index (κ3) is 3.26. The Kier molecular flexibility index (Phi) is 4.52. The molecule has 0 saturated carbocycles. The molecular formula is C17H19N3O4. The van der Waals surface area contributed by atoms with Gasteiger partial charge in [-0.25, -0.2) is 9.86 Å². The van der Waals surface area contributed by atoms with Gasteiger partial charge < -0.3 is 15.4 Å². The molecule has 7 nitrogen and oxygen atoms in total. The Balaban J connectivity index is 1.63. The molecule has 24 heavy (non-hydrogen) atoms. The van der Waals surface area contributed by atoms with E-state index < -0.39 is 12.1 Å². The van der Waals surface area contributed by atoms with E-state index in [1.165, 1.54) is 12.2 Å². The number of ether oxygens (including phenoxy) is 1. The van der Waals surface area contributed by atoms with Crippen molar-refractivity contribution in [3.05, 3.63) is 46.7 Å². The smallest absolute Gasteiger partial charge is 0.393 e. The molecule has 2 amide bonds. The summed E-state index contributed by atoms with van der Waals surface area (Å²) in [6.07, 6.45) is 5.06. The third-order valence-corrected chi connectivity index (χ3v) is 3.96. The predicted octanol–water partition coefficient (Wildman–Crippen LogP) is -0.0733. The van der Waals surface area contributed by atoms with Crippen LogP contribution in [0.25, 0.3) is 12.3 Å². The monoisotopic (exact) mass is 329 g/mol. The number of carbonyl (C=O) groups is 2. The third-order valence-electron chi connectivity index (χ3n) is 3.96. The molecule has 1 aromatic rings. The normalized spacial score (nSPS) is 22.3. The lowest BCUT2D eigenvalue weighted by atomic mass is 10.2. The van der Waals surface area contributed by atoms with Gasteiger partial charge in [0.2, 0.25) is 5.88 Å². The van der Waals surface area contributed by atoms with Gasteiger partial charge in [-0.1, -0.05) is 24.3 Å². The van der Waals surface area contributed by atoms with Crippen LogP contribution < -0.4 is 21.1 Å². The molecule has 2 N–H and O–H groups in total. The highest BCUT2D eigenvalue weighted by atomic mass is 16.7. The number of fused-ring (bicyclic) bond motifs is 1. The Bertz CT molecular complexity index is 802. The quantitative estimate of drug-likeness (QED) is 0.811. The van der Waals surface area contributed by atoms with Crippen LogP contribution in [0.2, 0.25) is 0 Å². The van der Waals surface area contributed by atoms with Crippen molar-refractivity contribution in [3.63, 3.8) is 0 Å². The van der Waals surface area contributed by atoms with Gasteiger partial charge in [-0.15, -0.1) is 0 Å². The second-order valence-electron chi connectivity index (χ2n) is 5.63. The van der Waals surface area contributed by atoms with Gasteiger partial charge in [-0.05, 0) is 35.9 Å². The Morgan fingerprint density at radius 1 is 1.29 bits per heavy atom. The summed E-state index contributed by atoms with van der Waals surface area (Å²) >= 11 is 0. The molecule has 7 heteroatoms. The summed E-state index contributed by atoms with van der Waals surface area (Å²) in [5.74, 6) is 0.000998. The zero-order valence-electron chi connectivity index (χ0n) is 13.5. The van der Waals surface area contributed by atoms with Gasteiger partial charge in [-0.3, -0.25) is 9.63 Å². The Labute approximate surface area is 139 Å². The van der Waals surface area contributed by atoms with Crippen molar-refractivity contribution in [1.29, 1.82) is 0 Å². The Morgan fingerprint density at radius 3 is 2.75 bits per heavy atom. The van der Waals surface area contributed by atoms with Gasteiger partial charge in [-0.2, -0.15) is 0 Å². The van der Waals surface area contributed by atoms with Crippen LogP contribution in [-0.4, -0.2) is 36.3 Å². The van der Waals surface area contributed by atoms with Crippen molar-refractivity contribution in [3.8, 4) is 0 Å². The molecule has 2 aliphatic heterocycles. The molecule has 0 spiro atoms. The molecule has 1 fully saturated rings. The first kappa shape index (κ1) is 16.1. The zero-order chi connectivity index (χ0) is 17.1. The summed E-state index contributed by atoms with van der Waals surface area (Å²) in [7, 11) is 1.43. The minimum absolute atomic E-state index is 0.0980. The SMILES string of the molecule is CON1C(=O)C(NC(=O)OC2=CC=c3ccccc3=CN2)CC1C. The van der Waals surface area contributed by atoms with Crippen LogP contribution in [-0.2, 0) is 14.4 Å². The highest BCUT2D eigenvalue weighted by Crippen LogP contribution is 2.18. The minimum Gasteiger partial charge on any atom is -0.393 e. The summed E-state index contributed by atoms with van der Waals surface area (Å²) < 4.78 is 5.24. The van der Waals surface area contributed by atoms with Crippen LogP contribution >= 0.6 is 0 Å². The lowest BCUT2D eigenvalue weighted by Crippen LogP contribution is -2.42. The maximum atomic E-state index is 12.1. The lowest BCUT2D eigenvalue weighted by molar-refractivity contribution is -0.176. The lowest BCUT2D eigenvalue weighted by Gasteiger charge is -2.17. The standard InChI is InChI=1S/C17H19N3O4/c1-11-9-14(16(21)20(11)23-2)19-17(22)24-15-8-7-12-5-3-4-6-13(12)10-18-15/h3-8,10-11,14,18H,9H2,1-2H3,(H,19,22). The molecule has 2 unspecified atom stereocenters. The summed E-state index contributed by atoms with van der Waals surface area (Å²) in [5.41, 5.74) is 0. The number of benzene rings is 1. The van der Waals surface area contributed by atoms with Crippen molar-refractivity contribution in [2.75, 3.05) is 7.11 Å². The molecule has 1 saturated heterocycles. The van der Waals surface area contributed by atoms with E-state index in [-0.39, 0.29) is 17.8 Å². The molecule has 0 aliphatic carbocycles. The second kappa shape index (κ2) is 6.76. The van der Waals surface area contributed by atoms with Crippen LogP contribution in [0.15, 0.2) is 36.2 Å². The average molecular weight is 329 g/mol. The molecule has 0 aromatic heterocycles. The highest BCUT2D eigenvalue weighted by Gasteiger charge is 2.39. The van der Waals surface area contributed by atoms with E-state index in [2.05, 4.69) is 10.6 Å². The van der Waals surface area contributed by atoms with Crippen LogP contribution in [0.1, 0.15) is 13.3 Å². The van der Waals surface area contributed by atoms with Gasteiger partial charge in [0.15, 0.2) is 0 Å². The van der Waals surface area contributed by atoms with E-state index in [4.69, 9.17) is 9.57 Å². The zero-order valence-corrected chi connectivity index (χ0v) is 13.5. The van der Waals surface area contributed by atoms with E-state index in [0.29, 0.717) is 6.42 Å². The first-order valence-electron chi connectivity index (χ1n) is 7.68. The molecule has 0 bridgehead atoms. The Hall–Kier alpha value is -2.80. The first-order valence-corrected chi connectivity index (χ1v) is 7.68. The van der Waals surface area contributed by atoms with Crippen molar-refractivity contribution >= 4 is 24.3 Å². The summed E-state index contributed by atoms with van der Waals surface area (Å²) in [6.45, 7) is 1.85. The second-order valence-corrected chi connectivity index (χ2v) is 5.63. The first-order chi connectivity index (χ1) is 11.6. The number of nitrogens with zero attached hydrogens (tertiary/aromatic N) is 1. The number of hydrogen-bond acceptors (Lipinski definition) is 5. The fourth-order valence-electron chi connectivity index (χ4n) is 2.79. The number of alkyl carbamates (subject to hydrolysis) is 1. The van der Waals surface area contributed by atoms with E-state index in [1.54, 1.807) is 12.3 Å². The highest BCUT2D eigenvalue weighted by molar-refractivity contribution is 5.87. The number of allylic oxidation sites excluding steroid dienone is 1. The topological polar surface area (TPSA) is 79.9 Å². The maximum Gasteiger partial charge on any atom is 0.414 e. The molecule has 3 rings (SSSR count). The van der Waals surface area contributed by atoms with Gasteiger partial charge in [0.05, 0.1) is 13.2 Å². The summed E-state index contributed by atoms with van der Waals surface area (Å²) in [6, 6.07) is 7.03. The predicted molar refractivity (Wildman–Crippen MR) is 87.2 cm³/mol. The van der Waals surface area contributed by atoms with E-state index >= 15 is 0 Å². The molecule has 0 radical (unpaired) electrons. The van der Waals surface area contributed by atoms with Gasteiger partial charge in [0, 0.05) is 6.20 Å². The number of nitrogens with one attached hydrogen (secondary N) is 2. The molecule has 126 valence electrons. The van der Waals surface area contributed by atoms with Crippen LogP contribution in [0.5, 0.6) is 0 Å². The minimum atomic E-state index is -0.690. The fourth-order valence-corrected chi connectivity index (χ4v) is 2.79. The summed E-state index contributed by atoms with van der Waals surface area (Å²) in [5, 5.41) is 8.77. The molecular weight excluding hydrogens is 310 g/mol. The molecule has 2 aliphatic rings. The van der Waals surface area contributed by atoms with Crippen LogP contribution in [0.3, 0.4) is 0 Å². The molecule has 1 aromatic carbocycles. The number of rotatable bonds is 3. The fraction of sp³-hybridized carbons (Fsp3) is 0.294. The van der Waals surface area contributed by atoms with Gasteiger partial charge in [0.1, 0.15) is 6.04 Å². The molecule has 2 heterocycles. The van der Waals surface area contributed by atoms with Crippen molar-refractivity contribution in [2.24, 2.45) is 0 Å². The van der Waals surface area contributed by atoms with E-state index in [0.717, 1.165) is 10.4 Å². The molecule has 2 atom stereocenters. The number of carbonyl (C=O) groups excluding carboxylic acids is 2.